The quantitative estimate of drug-likeness (QED) is 0.930. The van der Waals surface area contributed by atoms with E-state index in [1.54, 1.807) is 6.20 Å². The number of alkyl halides is 3. The summed E-state index contributed by atoms with van der Waals surface area (Å²) in [5, 5.41) is 3.77. The van der Waals surface area contributed by atoms with E-state index in [0.29, 0.717) is 6.54 Å². The minimum atomic E-state index is -4.42. The average molecular weight is 273 g/mol. The fraction of sp³-hybridized carbons (Fsp3) is 0.273. The van der Waals surface area contributed by atoms with E-state index in [9.17, 15) is 13.2 Å². The van der Waals surface area contributed by atoms with Crippen molar-refractivity contribution in [3.63, 3.8) is 0 Å². The van der Waals surface area contributed by atoms with E-state index < -0.39 is 11.9 Å². The zero-order chi connectivity index (χ0) is 13.2. The lowest BCUT2D eigenvalue weighted by Crippen LogP contribution is -2.09. The van der Waals surface area contributed by atoms with E-state index in [0.717, 1.165) is 16.0 Å². The second kappa shape index (κ2) is 4.93. The number of aryl methyl sites for hydroxylation is 1. The molecule has 0 atom stereocenters. The molecule has 0 aliphatic carbocycles. The van der Waals surface area contributed by atoms with E-state index >= 15 is 0 Å². The number of hydrogen-bond acceptors (Lipinski definition) is 4. The normalized spacial score (nSPS) is 11.6. The van der Waals surface area contributed by atoms with Crippen molar-refractivity contribution in [3.8, 4) is 0 Å². The second-order valence-electron chi connectivity index (χ2n) is 3.60. The fourth-order valence-corrected chi connectivity index (χ4v) is 2.09. The lowest BCUT2D eigenvalue weighted by molar-refractivity contribution is -0.141. The molecule has 0 unspecified atom stereocenters. The highest BCUT2D eigenvalue weighted by molar-refractivity contribution is 7.11. The van der Waals surface area contributed by atoms with Crippen molar-refractivity contribution in [2.45, 2.75) is 19.6 Å². The lowest BCUT2D eigenvalue weighted by Gasteiger charge is -2.08. The Morgan fingerprint density at radius 2 is 2.11 bits per heavy atom. The maximum Gasteiger partial charge on any atom is 0.433 e. The summed E-state index contributed by atoms with van der Waals surface area (Å²) in [6.07, 6.45) is -2.72. The van der Waals surface area contributed by atoms with E-state index in [4.69, 9.17) is 0 Å². The number of aromatic nitrogens is 2. The van der Waals surface area contributed by atoms with Gasteiger partial charge in [0, 0.05) is 11.1 Å². The van der Waals surface area contributed by atoms with Gasteiger partial charge >= 0.3 is 6.18 Å². The third-order valence-electron chi connectivity index (χ3n) is 2.15. The molecule has 96 valence electrons. The topological polar surface area (TPSA) is 37.8 Å². The highest BCUT2D eigenvalue weighted by Crippen LogP contribution is 2.28. The third kappa shape index (κ3) is 3.19. The highest BCUT2D eigenvalue weighted by atomic mass is 32.1. The molecule has 0 aliphatic heterocycles. The number of rotatable bonds is 3. The fourth-order valence-electron chi connectivity index (χ4n) is 1.36. The van der Waals surface area contributed by atoms with Gasteiger partial charge in [0.05, 0.1) is 11.6 Å². The molecular formula is C11H10F3N3S. The molecular weight excluding hydrogens is 263 g/mol. The summed E-state index contributed by atoms with van der Waals surface area (Å²) in [5.74, 6) is 0.205. The molecule has 1 N–H and O–H groups in total. The first-order valence-corrected chi connectivity index (χ1v) is 5.96. The predicted octanol–water partition coefficient (Wildman–Crippen LogP) is 3.48. The maximum atomic E-state index is 12.4. The van der Waals surface area contributed by atoms with Crippen molar-refractivity contribution in [1.29, 1.82) is 0 Å². The summed E-state index contributed by atoms with van der Waals surface area (Å²) in [5.41, 5.74) is -0.895. The van der Waals surface area contributed by atoms with Crippen molar-refractivity contribution in [2.75, 3.05) is 5.32 Å². The van der Waals surface area contributed by atoms with Gasteiger partial charge in [0.25, 0.3) is 0 Å². The van der Waals surface area contributed by atoms with Gasteiger partial charge in [-0.05, 0) is 19.1 Å². The van der Waals surface area contributed by atoms with Gasteiger partial charge in [-0.2, -0.15) is 13.2 Å². The van der Waals surface area contributed by atoms with Crippen LogP contribution in [0.15, 0.2) is 24.4 Å². The van der Waals surface area contributed by atoms with Crippen LogP contribution in [0.3, 0.4) is 0 Å². The van der Waals surface area contributed by atoms with Crippen LogP contribution in [0, 0.1) is 6.92 Å². The van der Waals surface area contributed by atoms with Crippen LogP contribution in [-0.4, -0.2) is 9.97 Å². The van der Waals surface area contributed by atoms with Crippen molar-refractivity contribution in [3.05, 3.63) is 40.0 Å². The van der Waals surface area contributed by atoms with Gasteiger partial charge in [-0.25, -0.2) is 9.97 Å². The number of halogens is 3. The Kier molecular flexibility index (Phi) is 3.51. The molecule has 2 rings (SSSR count). The number of nitrogens with one attached hydrogen (secondary N) is 1. The lowest BCUT2D eigenvalue weighted by atomic mass is 10.3. The molecule has 2 heterocycles. The molecule has 0 aromatic carbocycles. The summed E-state index contributed by atoms with van der Waals surface area (Å²) in [6.45, 7) is 2.29. The Morgan fingerprint density at radius 1 is 1.33 bits per heavy atom. The van der Waals surface area contributed by atoms with Gasteiger partial charge in [0.1, 0.15) is 11.5 Å². The van der Waals surface area contributed by atoms with Crippen LogP contribution in [0.25, 0.3) is 0 Å². The second-order valence-corrected chi connectivity index (χ2v) is 4.92. The van der Waals surface area contributed by atoms with Gasteiger partial charge < -0.3 is 5.32 Å². The largest absolute Gasteiger partial charge is 0.433 e. The van der Waals surface area contributed by atoms with Crippen LogP contribution in [0.2, 0.25) is 0 Å². The van der Waals surface area contributed by atoms with Gasteiger partial charge in [0.15, 0.2) is 0 Å². The van der Waals surface area contributed by atoms with Crippen LogP contribution < -0.4 is 5.32 Å². The molecule has 18 heavy (non-hydrogen) atoms. The van der Waals surface area contributed by atoms with Crippen molar-refractivity contribution < 1.29 is 13.2 Å². The Hall–Kier alpha value is -1.63. The first kappa shape index (κ1) is 12.8. The standard InChI is InChI=1S/C11H10F3N3S/c1-7-15-5-8(18-7)6-16-10-4-2-3-9(17-10)11(12,13)14/h2-5H,6H2,1H3,(H,16,17). The van der Waals surface area contributed by atoms with Crippen molar-refractivity contribution >= 4 is 17.2 Å². The summed E-state index contributed by atoms with van der Waals surface area (Å²) in [7, 11) is 0. The summed E-state index contributed by atoms with van der Waals surface area (Å²) >= 11 is 1.49. The van der Waals surface area contributed by atoms with E-state index in [1.165, 1.54) is 23.5 Å². The molecule has 2 aromatic heterocycles. The summed E-state index contributed by atoms with van der Waals surface area (Å²) in [4.78, 5) is 8.53. The van der Waals surface area contributed by atoms with Crippen LogP contribution in [-0.2, 0) is 12.7 Å². The smallest absolute Gasteiger partial charge is 0.365 e. The molecule has 0 saturated heterocycles. The minimum Gasteiger partial charge on any atom is -0.365 e. The van der Waals surface area contributed by atoms with Gasteiger partial charge in [-0.15, -0.1) is 11.3 Å². The SMILES string of the molecule is Cc1ncc(CNc2cccc(C(F)(F)F)n2)s1. The molecule has 0 spiro atoms. The number of nitrogens with zero attached hydrogens (tertiary/aromatic N) is 2. The van der Waals surface area contributed by atoms with Gasteiger partial charge in [-0.3, -0.25) is 0 Å². The zero-order valence-electron chi connectivity index (χ0n) is 9.45. The Morgan fingerprint density at radius 3 is 2.72 bits per heavy atom. The monoisotopic (exact) mass is 273 g/mol. The number of thiazole rings is 1. The highest BCUT2D eigenvalue weighted by Gasteiger charge is 2.32. The Labute approximate surface area is 106 Å². The average Bonchev–Trinajstić information content (AvgIpc) is 2.72. The first-order valence-electron chi connectivity index (χ1n) is 5.14. The Bertz CT molecular complexity index is 536. The van der Waals surface area contributed by atoms with Gasteiger partial charge in [-0.1, -0.05) is 6.07 Å². The van der Waals surface area contributed by atoms with Crippen molar-refractivity contribution in [2.24, 2.45) is 0 Å². The summed E-state index contributed by atoms with van der Waals surface area (Å²) in [6, 6.07) is 3.78. The van der Waals surface area contributed by atoms with E-state index in [2.05, 4.69) is 15.3 Å². The molecule has 0 bridgehead atoms. The molecule has 7 heteroatoms. The van der Waals surface area contributed by atoms with Crippen LogP contribution in [0.1, 0.15) is 15.6 Å². The first-order chi connectivity index (χ1) is 8.45. The molecule has 0 aliphatic rings. The number of pyridine rings is 1. The molecule has 0 fully saturated rings. The number of hydrogen-bond donors (Lipinski definition) is 1. The Balaban J connectivity index is 2.06. The van der Waals surface area contributed by atoms with Crippen LogP contribution in [0.5, 0.6) is 0 Å². The van der Waals surface area contributed by atoms with Gasteiger partial charge in [0.2, 0.25) is 0 Å². The van der Waals surface area contributed by atoms with Crippen LogP contribution >= 0.6 is 11.3 Å². The molecule has 0 amide bonds. The maximum absolute atomic E-state index is 12.4. The van der Waals surface area contributed by atoms with E-state index in [1.807, 2.05) is 6.92 Å². The number of anilines is 1. The predicted molar refractivity (Wildman–Crippen MR) is 63.4 cm³/mol. The van der Waals surface area contributed by atoms with E-state index in [-0.39, 0.29) is 5.82 Å². The molecule has 2 aromatic rings. The molecule has 0 radical (unpaired) electrons. The third-order valence-corrected chi connectivity index (χ3v) is 3.07. The minimum absolute atomic E-state index is 0.205. The molecule has 0 saturated carbocycles. The van der Waals surface area contributed by atoms with Crippen LogP contribution in [0.4, 0.5) is 19.0 Å². The summed E-state index contributed by atoms with van der Waals surface area (Å²) < 4.78 is 37.3. The molecule has 3 nitrogen and oxygen atoms in total. The van der Waals surface area contributed by atoms with Crippen molar-refractivity contribution in [1.82, 2.24) is 9.97 Å². The zero-order valence-corrected chi connectivity index (χ0v) is 10.3.